The minimum absolute atomic E-state index is 0.0150. The smallest absolute Gasteiger partial charge is 0.321 e. The standard InChI is InChI=1S/C13H15NO4S/c15-13(16)12(19-11-3-1-2-4-11)9-5-7-10(8-6-9)14(17)18/h5-8,11-12H,1-4H2,(H,15,16)/t12-/m1/s1. The van der Waals surface area contributed by atoms with Crippen LogP contribution in [0.1, 0.15) is 36.5 Å². The third kappa shape index (κ3) is 3.47. The zero-order valence-electron chi connectivity index (χ0n) is 10.3. The number of aliphatic carboxylic acids is 1. The van der Waals surface area contributed by atoms with Crippen LogP contribution in [0.15, 0.2) is 24.3 Å². The third-order valence-corrected chi connectivity index (χ3v) is 4.86. The SMILES string of the molecule is O=C(O)[C@H](SC1CCCC1)c1ccc([N+](=O)[O-])cc1. The van der Waals surface area contributed by atoms with Gasteiger partial charge in [0.15, 0.2) is 0 Å². The summed E-state index contributed by atoms with van der Waals surface area (Å²) in [5.41, 5.74) is 0.605. The van der Waals surface area contributed by atoms with Gasteiger partial charge in [-0.1, -0.05) is 25.0 Å². The van der Waals surface area contributed by atoms with Gasteiger partial charge in [0.05, 0.1) is 4.92 Å². The van der Waals surface area contributed by atoms with E-state index >= 15 is 0 Å². The lowest BCUT2D eigenvalue weighted by atomic mass is 10.1. The van der Waals surface area contributed by atoms with Crippen molar-refractivity contribution in [3.63, 3.8) is 0 Å². The van der Waals surface area contributed by atoms with Crippen molar-refractivity contribution in [2.45, 2.75) is 36.2 Å². The zero-order chi connectivity index (χ0) is 13.8. The Bertz CT molecular complexity index is 468. The van der Waals surface area contributed by atoms with Crippen LogP contribution in [0.5, 0.6) is 0 Å². The van der Waals surface area contributed by atoms with Crippen molar-refractivity contribution in [2.24, 2.45) is 0 Å². The van der Waals surface area contributed by atoms with Crippen LogP contribution in [0.2, 0.25) is 0 Å². The summed E-state index contributed by atoms with van der Waals surface area (Å²) in [5.74, 6) is -0.884. The Kier molecular flexibility index (Phi) is 4.42. The van der Waals surface area contributed by atoms with Crippen LogP contribution < -0.4 is 0 Å². The van der Waals surface area contributed by atoms with Crippen molar-refractivity contribution in [2.75, 3.05) is 0 Å². The van der Waals surface area contributed by atoms with Crippen molar-refractivity contribution >= 4 is 23.4 Å². The molecule has 0 aromatic heterocycles. The molecular formula is C13H15NO4S. The zero-order valence-corrected chi connectivity index (χ0v) is 11.1. The monoisotopic (exact) mass is 281 g/mol. The summed E-state index contributed by atoms with van der Waals surface area (Å²) in [6.45, 7) is 0. The van der Waals surface area contributed by atoms with Crippen molar-refractivity contribution in [3.8, 4) is 0 Å². The number of hydrogen-bond acceptors (Lipinski definition) is 4. The van der Waals surface area contributed by atoms with Gasteiger partial charge in [0, 0.05) is 17.4 Å². The molecule has 0 heterocycles. The number of carboxylic acids is 1. The molecule has 0 spiro atoms. The number of thioether (sulfide) groups is 1. The fourth-order valence-corrected chi connectivity index (χ4v) is 3.69. The number of nitro groups is 1. The van der Waals surface area contributed by atoms with Crippen LogP contribution in [0.3, 0.4) is 0 Å². The van der Waals surface area contributed by atoms with Gasteiger partial charge in [0.25, 0.3) is 5.69 Å². The number of rotatable bonds is 5. The van der Waals surface area contributed by atoms with Gasteiger partial charge < -0.3 is 5.11 Å². The molecule has 1 aromatic carbocycles. The van der Waals surface area contributed by atoms with Crippen LogP contribution >= 0.6 is 11.8 Å². The maximum absolute atomic E-state index is 11.4. The largest absolute Gasteiger partial charge is 0.480 e. The van der Waals surface area contributed by atoms with Crippen LogP contribution in [-0.4, -0.2) is 21.2 Å². The summed E-state index contributed by atoms with van der Waals surface area (Å²) in [6.07, 6.45) is 4.43. The van der Waals surface area contributed by atoms with Crippen LogP contribution in [-0.2, 0) is 4.79 Å². The lowest BCUT2D eigenvalue weighted by molar-refractivity contribution is -0.384. The molecular weight excluding hydrogens is 266 g/mol. The van der Waals surface area contributed by atoms with Crippen LogP contribution in [0.4, 0.5) is 5.69 Å². The molecule has 6 heteroatoms. The average Bonchev–Trinajstić information content (AvgIpc) is 2.88. The van der Waals surface area contributed by atoms with Crippen LogP contribution in [0, 0.1) is 10.1 Å². The van der Waals surface area contributed by atoms with E-state index in [9.17, 15) is 20.0 Å². The molecule has 5 nitrogen and oxygen atoms in total. The molecule has 19 heavy (non-hydrogen) atoms. The van der Waals surface area contributed by atoms with E-state index in [1.807, 2.05) is 0 Å². The first kappa shape index (κ1) is 13.9. The summed E-state index contributed by atoms with van der Waals surface area (Å²) in [7, 11) is 0. The van der Waals surface area contributed by atoms with Crippen molar-refractivity contribution in [1.29, 1.82) is 0 Å². The normalized spacial score (nSPS) is 17.3. The molecule has 0 bridgehead atoms. The number of non-ortho nitro benzene ring substituents is 1. The Morgan fingerprint density at radius 1 is 1.32 bits per heavy atom. The predicted octanol–water partition coefficient (Wildman–Crippen LogP) is 3.40. The fraction of sp³-hybridized carbons (Fsp3) is 0.462. The Morgan fingerprint density at radius 3 is 2.37 bits per heavy atom. The minimum Gasteiger partial charge on any atom is -0.480 e. The number of benzene rings is 1. The molecule has 0 unspecified atom stereocenters. The van der Waals surface area contributed by atoms with Gasteiger partial charge in [-0.25, -0.2) is 0 Å². The Morgan fingerprint density at radius 2 is 1.89 bits per heavy atom. The molecule has 1 aromatic rings. The van der Waals surface area contributed by atoms with Gasteiger partial charge in [-0.15, -0.1) is 11.8 Å². The number of carboxylic acid groups (broad SMARTS) is 1. The van der Waals surface area contributed by atoms with Crippen LogP contribution in [0.25, 0.3) is 0 Å². The molecule has 1 atom stereocenters. The lowest BCUT2D eigenvalue weighted by Gasteiger charge is -2.16. The second-order valence-corrected chi connectivity index (χ2v) is 6.02. The molecule has 0 radical (unpaired) electrons. The summed E-state index contributed by atoms with van der Waals surface area (Å²) >= 11 is 1.46. The molecule has 0 aliphatic heterocycles. The number of nitro benzene ring substituents is 1. The van der Waals surface area contributed by atoms with E-state index < -0.39 is 16.1 Å². The summed E-state index contributed by atoms with van der Waals surface area (Å²) in [5, 5.41) is 19.6. The molecule has 1 N–H and O–H groups in total. The minimum atomic E-state index is -0.884. The average molecular weight is 281 g/mol. The first-order chi connectivity index (χ1) is 9.08. The molecule has 1 aliphatic rings. The fourth-order valence-electron chi connectivity index (χ4n) is 2.27. The van der Waals surface area contributed by atoms with Gasteiger partial charge in [-0.3, -0.25) is 14.9 Å². The summed E-state index contributed by atoms with van der Waals surface area (Å²) < 4.78 is 0. The highest BCUT2D eigenvalue weighted by Crippen LogP contribution is 2.39. The van der Waals surface area contributed by atoms with E-state index in [1.54, 1.807) is 12.1 Å². The van der Waals surface area contributed by atoms with Gasteiger partial charge in [-0.2, -0.15) is 0 Å². The molecule has 0 amide bonds. The number of hydrogen-bond donors (Lipinski definition) is 1. The quantitative estimate of drug-likeness (QED) is 0.661. The molecule has 1 aliphatic carbocycles. The maximum atomic E-state index is 11.4. The highest BCUT2D eigenvalue weighted by atomic mass is 32.2. The van der Waals surface area contributed by atoms with E-state index in [0.29, 0.717) is 10.8 Å². The van der Waals surface area contributed by atoms with E-state index in [-0.39, 0.29) is 5.69 Å². The van der Waals surface area contributed by atoms with Gasteiger partial charge >= 0.3 is 5.97 Å². The highest BCUT2D eigenvalue weighted by molar-refractivity contribution is 8.00. The number of nitrogens with zero attached hydrogens (tertiary/aromatic N) is 1. The van der Waals surface area contributed by atoms with E-state index in [4.69, 9.17) is 0 Å². The van der Waals surface area contributed by atoms with Gasteiger partial charge in [-0.05, 0) is 18.4 Å². The van der Waals surface area contributed by atoms with Crippen molar-refractivity contribution in [1.82, 2.24) is 0 Å². The maximum Gasteiger partial charge on any atom is 0.321 e. The van der Waals surface area contributed by atoms with Gasteiger partial charge in [0.2, 0.25) is 0 Å². The van der Waals surface area contributed by atoms with Crippen molar-refractivity contribution < 1.29 is 14.8 Å². The Labute approximate surface area is 115 Å². The van der Waals surface area contributed by atoms with Crippen molar-refractivity contribution in [3.05, 3.63) is 39.9 Å². The van der Waals surface area contributed by atoms with E-state index in [2.05, 4.69) is 0 Å². The Balaban J connectivity index is 2.13. The first-order valence-electron chi connectivity index (χ1n) is 6.20. The van der Waals surface area contributed by atoms with Gasteiger partial charge in [0.1, 0.15) is 5.25 Å². The second-order valence-electron chi connectivity index (χ2n) is 4.61. The molecule has 2 rings (SSSR count). The predicted molar refractivity (Wildman–Crippen MR) is 73.3 cm³/mol. The Hall–Kier alpha value is -1.56. The van der Waals surface area contributed by atoms with E-state index in [1.165, 1.54) is 23.9 Å². The number of carbonyl (C=O) groups is 1. The lowest BCUT2D eigenvalue weighted by Crippen LogP contribution is -2.11. The first-order valence-corrected chi connectivity index (χ1v) is 7.15. The molecule has 1 fully saturated rings. The van der Waals surface area contributed by atoms with E-state index in [0.717, 1.165) is 25.7 Å². The topological polar surface area (TPSA) is 80.4 Å². The highest BCUT2D eigenvalue weighted by Gasteiger charge is 2.27. The molecule has 0 saturated heterocycles. The summed E-state index contributed by atoms with van der Waals surface area (Å²) in [4.78, 5) is 21.4. The molecule has 102 valence electrons. The third-order valence-electron chi connectivity index (χ3n) is 3.26. The molecule has 1 saturated carbocycles. The second kappa shape index (κ2) is 6.06. The summed E-state index contributed by atoms with van der Waals surface area (Å²) in [6, 6.07) is 5.80.